The topological polar surface area (TPSA) is 35.5 Å². The Morgan fingerprint density at radius 2 is 1.70 bits per heavy atom. The molecular weight excluding hydrogens is 411 g/mol. The summed E-state index contributed by atoms with van der Waals surface area (Å²) in [6.07, 6.45) is 0. The first-order valence-electron chi connectivity index (χ1n) is 5.59. The molecule has 0 atom stereocenters. The summed E-state index contributed by atoms with van der Waals surface area (Å²) in [4.78, 5) is 11.7. The fraction of sp³-hybridized carbons (Fsp3) is 0.0714. The molecular formula is C14H9Br2ClO3. The van der Waals surface area contributed by atoms with Crippen molar-refractivity contribution in [3.63, 3.8) is 0 Å². The van der Waals surface area contributed by atoms with E-state index in [-0.39, 0.29) is 6.61 Å². The fourth-order valence-electron chi connectivity index (χ4n) is 1.38. The molecule has 0 unspecified atom stereocenters. The molecule has 2 rings (SSSR count). The highest BCUT2D eigenvalue weighted by atomic mass is 79.9. The van der Waals surface area contributed by atoms with Gasteiger partial charge >= 0.3 is 5.97 Å². The Bertz CT molecular complexity index is 614. The number of carbonyl (C=O) groups excluding carboxylic acids is 1. The minimum Gasteiger partial charge on any atom is -0.482 e. The molecule has 0 aliphatic rings. The number of benzene rings is 2. The molecule has 0 radical (unpaired) electrons. The van der Waals surface area contributed by atoms with Gasteiger partial charge in [0.15, 0.2) is 6.61 Å². The summed E-state index contributed by atoms with van der Waals surface area (Å²) in [5, 5.41) is 0.358. The zero-order chi connectivity index (χ0) is 14.5. The van der Waals surface area contributed by atoms with E-state index in [1.807, 2.05) is 12.1 Å². The summed E-state index contributed by atoms with van der Waals surface area (Å²) in [6.45, 7) is -0.186. The smallest absolute Gasteiger partial charge is 0.349 e. The van der Waals surface area contributed by atoms with E-state index in [9.17, 15) is 4.79 Å². The Labute approximate surface area is 138 Å². The molecule has 2 aromatic carbocycles. The first-order chi connectivity index (χ1) is 9.54. The Morgan fingerprint density at radius 3 is 2.35 bits per heavy atom. The second kappa shape index (κ2) is 7.11. The lowest BCUT2D eigenvalue weighted by Crippen LogP contribution is -2.17. The van der Waals surface area contributed by atoms with Crippen molar-refractivity contribution >= 4 is 49.4 Å². The van der Waals surface area contributed by atoms with Crippen LogP contribution in [0.2, 0.25) is 5.02 Å². The monoisotopic (exact) mass is 418 g/mol. The van der Waals surface area contributed by atoms with E-state index in [2.05, 4.69) is 31.9 Å². The number of halogens is 3. The maximum absolute atomic E-state index is 11.7. The number of hydrogen-bond donors (Lipinski definition) is 0. The third-order valence-corrected chi connectivity index (χ3v) is 3.61. The second-order valence-corrected chi connectivity index (χ2v) is 6.03. The van der Waals surface area contributed by atoms with Crippen molar-refractivity contribution < 1.29 is 14.3 Å². The zero-order valence-electron chi connectivity index (χ0n) is 10.1. The maximum Gasteiger partial charge on any atom is 0.349 e. The van der Waals surface area contributed by atoms with Crippen LogP contribution in [0.15, 0.2) is 51.4 Å². The van der Waals surface area contributed by atoms with Gasteiger partial charge in [0.2, 0.25) is 0 Å². The number of carbonyl (C=O) groups is 1. The molecule has 0 N–H and O–H groups in total. The van der Waals surface area contributed by atoms with Crippen LogP contribution in [0.25, 0.3) is 0 Å². The molecule has 0 spiro atoms. The lowest BCUT2D eigenvalue weighted by atomic mass is 10.3. The first-order valence-corrected chi connectivity index (χ1v) is 7.55. The van der Waals surface area contributed by atoms with Crippen molar-refractivity contribution in [3.8, 4) is 11.5 Å². The lowest BCUT2D eigenvalue weighted by Gasteiger charge is -2.08. The van der Waals surface area contributed by atoms with Gasteiger partial charge < -0.3 is 9.47 Å². The summed E-state index contributed by atoms with van der Waals surface area (Å²) >= 11 is 12.5. The van der Waals surface area contributed by atoms with Gasteiger partial charge in [0, 0.05) is 8.95 Å². The fourth-order valence-corrected chi connectivity index (χ4v) is 2.36. The van der Waals surface area contributed by atoms with Crippen LogP contribution >= 0.6 is 43.5 Å². The predicted octanol–water partition coefficient (Wildman–Crippen LogP) is 4.85. The highest BCUT2D eigenvalue weighted by molar-refractivity contribution is 9.10. The molecule has 2 aromatic rings. The van der Waals surface area contributed by atoms with E-state index in [4.69, 9.17) is 21.1 Å². The Balaban J connectivity index is 1.90. The van der Waals surface area contributed by atoms with Gasteiger partial charge in [-0.2, -0.15) is 0 Å². The third-order valence-electron chi connectivity index (χ3n) is 2.29. The standard InChI is InChI=1S/C14H9Br2ClO3/c15-9-1-4-11(5-2-9)19-8-14(18)20-13-6-3-10(16)7-12(13)17/h1-7H,8H2. The summed E-state index contributed by atoms with van der Waals surface area (Å²) in [5.74, 6) is 0.378. The largest absolute Gasteiger partial charge is 0.482 e. The van der Waals surface area contributed by atoms with Crippen LogP contribution < -0.4 is 9.47 Å². The van der Waals surface area contributed by atoms with E-state index < -0.39 is 5.97 Å². The number of ether oxygens (including phenoxy) is 2. The molecule has 0 saturated heterocycles. The normalized spacial score (nSPS) is 10.2. The quantitative estimate of drug-likeness (QED) is 0.524. The van der Waals surface area contributed by atoms with Crippen molar-refractivity contribution in [2.45, 2.75) is 0 Å². The van der Waals surface area contributed by atoms with Crippen molar-refractivity contribution in [2.75, 3.05) is 6.61 Å². The average Bonchev–Trinajstić information content (AvgIpc) is 2.41. The minimum absolute atomic E-state index is 0.186. The van der Waals surface area contributed by atoms with Gasteiger partial charge in [0.05, 0.1) is 5.02 Å². The molecule has 0 aromatic heterocycles. The minimum atomic E-state index is -0.517. The highest BCUT2D eigenvalue weighted by Gasteiger charge is 2.09. The lowest BCUT2D eigenvalue weighted by molar-refractivity contribution is -0.136. The van der Waals surface area contributed by atoms with Crippen LogP contribution in [0.1, 0.15) is 0 Å². The number of hydrogen-bond acceptors (Lipinski definition) is 3. The average molecular weight is 420 g/mol. The van der Waals surface area contributed by atoms with Crippen LogP contribution in [0, 0.1) is 0 Å². The summed E-state index contributed by atoms with van der Waals surface area (Å²) in [5.41, 5.74) is 0. The molecule has 0 amide bonds. The summed E-state index contributed by atoms with van der Waals surface area (Å²) in [6, 6.07) is 12.2. The van der Waals surface area contributed by atoms with Gasteiger partial charge in [-0.1, -0.05) is 43.5 Å². The van der Waals surface area contributed by atoms with Gasteiger partial charge in [-0.3, -0.25) is 0 Å². The third kappa shape index (κ3) is 4.51. The Morgan fingerprint density at radius 1 is 1.05 bits per heavy atom. The maximum atomic E-state index is 11.7. The van der Waals surface area contributed by atoms with Gasteiger partial charge in [-0.05, 0) is 42.5 Å². The van der Waals surface area contributed by atoms with Gasteiger partial charge in [-0.25, -0.2) is 4.79 Å². The number of esters is 1. The Hall–Kier alpha value is -1.04. The van der Waals surface area contributed by atoms with Crippen molar-refractivity contribution in [1.29, 1.82) is 0 Å². The number of rotatable bonds is 4. The molecule has 0 bridgehead atoms. The zero-order valence-corrected chi connectivity index (χ0v) is 14.0. The molecule has 3 nitrogen and oxygen atoms in total. The van der Waals surface area contributed by atoms with E-state index in [0.717, 1.165) is 8.95 Å². The van der Waals surface area contributed by atoms with Crippen LogP contribution in [0.5, 0.6) is 11.5 Å². The van der Waals surface area contributed by atoms with E-state index in [1.165, 1.54) is 0 Å². The van der Waals surface area contributed by atoms with E-state index >= 15 is 0 Å². The van der Waals surface area contributed by atoms with Crippen LogP contribution in [0.3, 0.4) is 0 Å². The van der Waals surface area contributed by atoms with Crippen molar-refractivity contribution in [2.24, 2.45) is 0 Å². The van der Waals surface area contributed by atoms with Crippen LogP contribution in [-0.2, 0) is 4.79 Å². The van der Waals surface area contributed by atoms with E-state index in [0.29, 0.717) is 16.5 Å². The van der Waals surface area contributed by atoms with Gasteiger partial charge in [-0.15, -0.1) is 0 Å². The molecule has 104 valence electrons. The van der Waals surface area contributed by atoms with Crippen molar-refractivity contribution in [3.05, 3.63) is 56.4 Å². The second-order valence-electron chi connectivity index (χ2n) is 3.79. The first kappa shape index (κ1) is 15.4. The Kier molecular flexibility index (Phi) is 5.46. The predicted molar refractivity (Wildman–Crippen MR) is 84.4 cm³/mol. The highest BCUT2D eigenvalue weighted by Crippen LogP contribution is 2.27. The van der Waals surface area contributed by atoms with Gasteiger partial charge in [0.25, 0.3) is 0 Å². The molecule has 6 heteroatoms. The molecule has 0 fully saturated rings. The molecule has 20 heavy (non-hydrogen) atoms. The molecule has 0 heterocycles. The van der Waals surface area contributed by atoms with E-state index in [1.54, 1.807) is 30.3 Å². The molecule has 0 aliphatic carbocycles. The summed E-state index contributed by atoms with van der Waals surface area (Å²) in [7, 11) is 0. The van der Waals surface area contributed by atoms with Crippen LogP contribution in [0.4, 0.5) is 0 Å². The van der Waals surface area contributed by atoms with Crippen molar-refractivity contribution in [1.82, 2.24) is 0 Å². The molecule has 0 saturated carbocycles. The summed E-state index contributed by atoms with van der Waals surface area (Å²) < 4.78 is 12.2. The van der Waals surface area contributed by atoms with Gasteiger partial charge in [0.1, 0.15) is 11.5 Å². The SMILES string of the molecule is O=C(COc1ccc(Br)cc1)Oc1ccc(Br)cc1Cl. The molecule has 0 aliphatic heterocycles. The van der Waals surface area contributed by atoms with Crippen LogP contribution in [-0.4, -0.2) is 12.6 Å².